The summed E-state index contributed by atoms with van der Waals surface area (Å²) in [7, 11) is 0. The van der Waals surface area contributed by atoms with Crippen LogP contribution in [-0.2, 0) is 0 Å². The summed E-state index contributed by atoms with van der Waals surface area (Å²) in [6, 6.07) is 8.19. The van der Waals surface area contributed by atoms with Gasteiger partial charge in [0.15, 0.2) is 5.78 Å². The number of furan rings is 1. The molecule has 0 saturated carbocycles. The summed E-state index contributed by atoms with van der Waals surface area (Å²) in [6.07, 6.45) is 4.45. The number of phenols is 1. The second-order valence-corrected chi connectivity index (χ2v) is 4.29. The van der Waals surface area contributed by atoms with Gasteiger partial charge in [-0.3, -0.25) is 4.79 Å². The van der Waals surface area contributed by atoms with Crippen molar-refractivity contribution < 1.29 is 14.3 Å². The van der Waals surface area contributed by atoms with Gasteiger partial charge in [0, 0.05) is 4.47 Å². The van der Waals surface area contributed by atoms with Gasteiger partial charge in [-0.2, -0.15) is 0 Å². The highest BCUT2D eigenvalue weighted by Crippen LogP contribution is 2.22. The zero-order valence-corrected chi connectivity index (χ0v) is 10.3. The second kappa shape index (κ2) is 5.01. The van der Waals surface area contributed by atoms with Crippen LogP contribution >= 0.6 is 15.9 Å². The van der Waals surface area contributed by atoms with E-state index in [0.717, 1.165) is 4.47 Å². The minimum atomic E-state index is -0.278. The first-order valence-corrected chi connectivity index (χ1v) is 5.70. The molecule has 1 aromatic heterocycles. The summed E-state index contributed by atoms with van der Waals surface area (Å²) in [5.74, 6) is 0.273. The smallest absolute Gasteiger partial charge is 0.189 e. The first-order chi connectivity index (χ1) is 8.16. The molecule has 0 saturated heterocycles. The Labute approximate surface area is 107 Å². The topological polar surface area (TPSA) is 50.4 Å². The standard InChI is InChI=1S/C13H9BrO3/c14-9-3-5-12(15)11(8-9)13(16)6-4-10-2-1-7-17-10/h1-8,15H/b6-4-. The summed E-state index contributed by atoms with van der Waals surface area (Å²) in [6.45, 7) is 0. The minimum Gasteiger partial charge on any atom is -0.507 e. The molecule has 0 aliphatic rings. The monoisotopic (exact) mass is 292 g/mol. The number of carbonyl (C=O) groups excluding carboxylic acids is 1. The normalized spacial score (nSPS) is 10.9. The van der Waals surface area contributed by atoms with E-state index < -0.39 is 0 Å². The van der Waals surface area contributed by atoms with Crippen LogP contribution < -0.4 is 0 Å². The number of halogens is 1. The van der Waals surface area contributed by atoms with E-state index in [0.29, 0.717) is 5.76 Å². The molecule has 2 aromatic rings. The highest BCUT2D eigenvalue weighted by molar-refractivity contribution is 9.10. The molecule has 17 heavy (non-hydrogen) atoms. The van der Waals surface area contributed by atoms with Gasteiger partial charge in [-0.15, -0.1) is 0 Å². The van der Waals surface area contributed by atoms with E-state index >= 15 is 0 Å². The average molecular weight is 293 g/mol. The maximum absolute atomic E-state index is 11.8. The van der Waals surface area contributed by atoms with Gasteiger partial charge in [-0.05, 0) is 42.5 Å². The molecule has 86 valence electrons. The molecule has 3 nitrogen and oxygen atoms in total. The molecule has 0 radical (unpaired) electrons. The molecule has 0 amide bonds. The fourth-order valence-corrected chi connectivity index (χ4v) is 1.70. The SMILES string of the molecule is O=C(/C=C\c1ccco1)c1cc(Br)ccc1O. The number of carbonyl (C=O) groups is 1. The lowest BCUT2D eigenvalue weighted by Crippen LogP contribution is -1.94. The number of rotatable bonds is 3. The molecule has 1 N–H and O–H groups in total. The van der Waals surface area contributed by atoms with Crippen LogP contribution in [0.25, 0.3) is 6.08 Å². The summed E-state index contributed by atoms with van der Waals surface area (Å²) in [5, 5.41) is 9.56. The van der Waals surface area contributed by atoms with Crippen molar-refractivity contribution in [3.05, 3.63) is 58.5 Å². The van der Waals surface area contributed by atoms with Crippen LogP contribution in [0.15, 0.2) is 51.6 Å². The van der Waals surface area contributed by atoms with Gasteiger partial charge < -0.3 is 9.52 Å². The van der Waals surface area contributed by atoms with Crippen LogP contribution in [0.1, 0.15) is 16.1 Å². The quantitative estimate of drug-likeness (QED) is 0.694. The van der Waals surface area contributed by atoms with Crippen LogP contribution in [0.4, 0.5) is 0 Å². The number of aromatic hydroxyl groups is 1. The molecule has 0 aliphatic heterocycles. The Morgan fingerprint density at radius 3 is 2.88 bits per heavy atom. The van der Waals surface area contributed by atoms with Gasteiger partial charge >= 0.3 is 0 Å². The van der Waals surface area contributed by atoms with E-state index in [4.69, 9.17) is 4.42 Å². The molecule has 1 heterocycles. The molecule has 0 unspecified atom stereocenters. The molecule has 2 rings (SSSR count). The predicted molar refractivity (Wildman–Crippen MR) is 67.9 cm³/mol. The van der Waals surface area contributed by atoms with Crippen molar-refractivity contribution >= 4 is 27.8 Å². The molecule has 0 fully saturated rings. The van der Waals surface area contributed by atoms with E-state index in [9.17, 15) is 9.90 Å². The Balaban J connectivity index is 2.23. The molecular formula is C13H9BrO3. The Hall–Kier alpha value is -1.81. The lowest BCUT2D eigenvalue weighted by Gasteiger charge is -2.00. The maximum Gasteiger partial charge on any atom is 0.189 e. The van der Waals surface area contributed by atoms with Crippen LogP contribution in [-0.4, -0.2) is 10.9 Å². The zero-order valence-electron chi connectivity index (χ0n) is 8.76. The van der Waals surface area contributed by atoms with E-state index in [1.807, 2.05) is 0 Å². The fourth-order valence-electron chi connectivity index (χ4n) is 1.34. The third kappa shape index (κ3) is 2.85. The lowest BCUT2D eigenvalue weighted by atomic mass is 10.1. The van der Waals surface area contributed by atoms with Crippen molar-refractivity contribution in [3.63, 3.8) is 0 Å². The molecular weight excluding hydrogens is 284 g/mol. The van der Waals surface area contributed by atoms with Crippen molar-refractivity contribution in [2.45, 2.75) is 0 Å². The van der Waals surface area contributed by atoms with Gasteiger partial charge in [0.1, 0.15) is 11.5 Å². The number of allylic oxidation sites excluding steroid dienone is 1. The van der Waals surface area contributed by atoms with Crippen molar-refractivity contribution in [2.24, 2.45) is 0 Å². The predicted octanol–water partition coefficient (Wildman–Crippen LogP) is 3.64. The van der Waals surface area contributed by atoms with Crippen LogP contribution in [0.2, 0.25) is 0 Å². The largest absolute Gasteiger partial charge is 0.507 e. The Kier molecular flexibility index (Phi) is 3.44. The molecule has 4 heteroatoms. The van der Waals surface area contributed by atoms with Gasteiger partial charge in [0.25, 0.3) is 0 Å². The Bertz CT molecular complexity index is 556. The van der Waals surface area contributed by atoms with Crippen molar-refractivity contribution in [1.29, 1.82) is 0 Å². The number of hydrogen-bond acceptors (Lipinski definition) is 3. The summed E-state index contributed by atoms with van der Waals surface area (Å²) in [4.78, 5) is 11.8. The fraction of sp³-hybridized carbons (Fsp3) is 0. The number of benzene rings is 1. The van der Waals surface area contributed by atoms with Gasteiger partial charge in [-0.1, -0.05) is 15.9 Å². The minimum absolute atomic E-state index is 0.0395. The van der Waals surface area contributed by atoms with Crippen molar-refractivity contribution in [2.75, 3.05) is 0 Å². The highest BCUT2D eigenvalue weighted by Gasteiger charge is 2.08. The molecule has 0 atom stereocenters. The highest BCUT2D eigenvalue weighted by atomic mass is 79.9. The maximum atomic E-state index is 11.8. The summed E-state index contributed by atoms with van der Waals surface area (Å²) >= 11 is 3.25. The number of ketones is 1. The summed E-state index contributed by atoms with van der Waals surface area (Å²) < 4.78 is 5.80. The number of hydrogen-bond donors (Lipinski definition) is 1. The third-order valence-corrected chi connectivity index (χ3v) is 2.66. The van der Waals surface area contributed by atoms with E-state index in [2.05, 4.69) is 15.9 Å². The van der Waals surface area contributed by atoms with Crippen molar-refractivity contribution in [1.82, 2.24) is 0 Å². The molecule has 0 aliphatic carbocycles. The van der Waals surface area contributed by atoms with Gasteiger partial charge in [-0.25, -0.2) is 0 Å². The van der Waals surface area contributed by atoms with Gasteiger partial charge in [0.2, 0.25) is 0 Å². The molecule has 1 aromatic carbocycles. The lowest BCUT2D eigenvalue weighted by molar-refractivity contribution is 0.104. The van der Waals surface area contributed by atoms with E-state index in [1.54, 1.807) is 30.3 Å². The molecule has 0 spiro atoms. The van der Waals surface area contributed by atoms with Crippen LogP contribution in [0.3, 0.4) is 0 Å². The number of phenolic OH excluding ortho intramolecular Hbond substituents is 1. The van der Waals surface area contributed by atoms with E-state index in [-0.39, 0.29) is 17.1 Å². The van der Waals surface area contributed by atoms with Crippen molar-refractivity contribution in [3.8, 4) is 5.75 Å². The van der Waals surface area contributed by atoms with Crippen LogP contribution in [0, 0.1) is 0 Å². The van der Waals surface area contributed by atoms with Gasteiger partial charge in [0.05, 0.1) is 11.8 Å². The molecule has 0 bridgehead atoms. The first-order valence-electron chi connectivity index (χ1n) is 4.91. The second-order valence-electron chi connectivity index (χ2n) is 3.37. The Morgan fingerprint density at radius 2 is 2.18 bits per heavy atom. The summed E-state index contributed by atoms with van der Waals surface area (Å²) in [5.41, 5.74) is 0.252. The average Bonchev–Trinajstić information content (AvgIpc) is 2.82. The zero-order chi connectivity index (χ0) is 12.3. The third-order valence-electron chi connectivity index (χ3n) is 2.17. The van der Waals surface area contributed by atoms with E-state index in [1.165, 1.54) is 18.4 Å². The van der Waals surface area contributed by atoms with Crippen LogP contribution in [0.5, 0.6) is 5.75 Å². The Morgan fingerprint density at radius 1 is 1.35 bits per heavy atom. The first kappa shape index (κ1) is 11.7.